The highest BCUT2D eigenvalue weighted by atomic mass is 16.1. The zero-order valence-electron chi connectivity index (χ0n) is 10.9. The zero-order valence-corrected chi connectivity index (χ0v) is 10.9. The third kappa shape index (κ3) is 1.75. The predicted molar refractivity (Wildman–Crippen MR) is 68.0 cm³/mol. The van der Waals surface area contributed by atoms with Crippen LogP contribution < -0.4 is 5.32 Å². The summed E-state index contributed by atoms with van der Waals surface area (Å²) in [6, 6.07) is 0.594. The van der Waals surface area contributed by atoms with E-state index in [0.29, 0.717) is 17.7 Å². The number of nitrogens with zero attached hydrogens (tertiary/aromatic N) is 1. The summed E-state index contributed by atoms with van der Waals surface area (Å²) in [5, 5.41) is 3.48. The van der Waals surface area contributed by atoms with Crippen molar-refractivity contribution in [3.63, 3.8) is 0 Å². The van der Waals surface area contributed by atoms with E-state index in [0.717, 1.165) is 32.4 Å². The van der Waals surface area contributed by atoms with Crippen molar-refractivity contribution >= 4 is 5.78 Å². The highest BCUT2D eigenvalue weighted by Gasteiger charge is 2.53. The van der Waals surface area contributed by atoms with E-state index in [1.165, 1.54) is 25.7 Å². The van der Waals surface area contributed by atoms with Gasteiger partial charge in [0.05, 0.1) is 5.54 Å². The van der Waals surface area contributed by atoms with Crippen molar-refractivity contribution < 1.29 is 4.79 Å². The number of carbonyl (C=O) groups excluding carboxylic acids is 1. The quantitative estimate of drug-likeness (QED) is 0.790. The minimum atomic E-state index is -0.148. The van der Waals surface area contributed by atoms with Gasteiger partial charge in [-0.15, -0.1) is 0 Å². The van der Waals surface area contributed by atoms with E-state index in [1.54, 1.807) is 0 Å². The molecule has 96 valence electrons. The van der Waals surface area contributed by atoms with Gasteiger partial charge in [-0.25, -0.2) is 0 Å². The van der Waals surface area contributed by atoms with Crippen molar-refractivity contribution in [3.05, 3.63) is 0 Å². The van der Waals surface area contributed by atoms with Gasteiger partial charge in [0.2, 0.25) is 0 Å². The van der Waals surface area contributed by atoms with Crippen LogP contribution in [-0.4, -0.2) is 42.4 Å². The molecule has 3 heteroatoms. The molecule has 0 aromatic carbocycles. The number of piperazine rings is 1. The summed E-state index contributed by atoms with van der Waals surface area (Å²) in [6.07, 6.45) is 8.39. The molecule has 3 aliphatic rings. The van der Waals surface area contributed by atoms with Crippen LogP contribution in [0.5, 0.6) is 0 Å². The number of hydrogen-bond acceptors (Lipinski definition) is 3. The van der Waals surface area contributed by atoms with E-state index in [4.69, 9.17) is 0 Å². The molecule has 3 rings (SSSR count). The van der Waals surface area contributed by atoms with Crippen LogP contribution in [0.4, 0.5) is 0 Å². The first kappa shape index (κ1) is 11.7. The summed E-state index contributed by atoms with van der Waals surface area (Å²) in [5.41, 5.74) is -0.148. The Bertz CT molecular complexity index is 307. The zero-order chi connectivity index (χ0) is 11.9. The maximum atomic E-state index is 12.9. The van der Waals surface area contributed by atoms with Crippen LogP contribution in [0.3, 0.4) is 0 Å². The molecule has 0 spiro atoms. The average Bonchev–Trinajstić information content (AvgIpc) is 2.58. The van der Waals surface area contributed by atoms with Crippen LogP contribution in [0.15, 0.2) is 0 Å². The Balaban J connectivity index is 1.79. The van der Waals surface area contributed by atoms with Gasteiger partial charge in [-0.05, 0) is 32.7 Å². The Morgan fingerprint density at radius 1 is 1.24 bits per heavy atom. The van der Waals surface area contributed by atoms with Crippen LogP contribution in [0.1, 0.15) is 44.9 Å². The van der Waals surface area contributed by atoms with Crippen molar-refractivity contribution in [2.75, 3.05) is 20.1 Å². The molecule has 0 radical (unpaired) electrons. The number of ketones is 1. The molecule has 2 heterocycles. The summed E-state index contributed by atoms with van der Waals surface area (Å²) in [7, 11) is 2.17. The Morgan fingerprint density at radius 3 is 2.76 bits per heavy atom. The maximum Gasteiger partial charge on any atom is 0.157 e. The minimum absolute atomic E-state index is 0.148. The highest BCUT2D eigenvalue weighted by Crippen LogP contribution is 2.39. The van der Waals surface area contributed by atoms with Crippen LogP contribution >= 0.6 is 0 Å². The molecule has 2 atom stereocenters. The van der Waals surface area contributed by atoms with Gasteiger partial charge >= 0.3 is 0 Å². The number of likely N-dealkylation sites (N-methyl/N-ethyl adjacent to an activating group) is 1. The first-order valence-electron chi connectivity index (χ1n) is 7.22. The van der Waals surface area contributed by atoms with E-state index >= 15 is 0 Å². The summed E-state index contributed by atoms with van der Waals surface area (Å²) >= 11 is 0. The first-order valence-corrected chi connectivity index (χ1v) is 7.22. The molecule has 1 aliphatic carbocycles. The Hall–Kier alpha value is -0.410. The van der Waals surface area contributed by atoms with E-state index < -0.39 is 0 Å². The fourth-order valence-corrected chi connectivity index (χ4v) is 4.15. The standard InChI is InChI=1S/C14H24N2O/c1-16-12-7-8-14(16,10-15-9-12)13(17)11-5-3-2-4-6-11/h11-12,15H,2-10H2,1H3. The minimum Gasteiger partial charge on any atom is -0.313 e. The third-order valence-corrected chi connectivity index (χ3v) is 5.35. The van der Waals surface area contributed by atoms with Crippen molar-refractivity contribution in [3.8, 4) is 0 Å². The van der Waals surface area contributed by atoms with E-state index in [2.05, 4.69) is 17.3 Å². The van der Waals surface area contributed by atoms with Crippen molar-refractivity contribution in [1.82, 2.24) is 10.2 Å². The molecule has 3 fully saturated rings. The van der Waals surface area contributed by atoms with Gasteiger partial charge < -0.3 is 5.32 Å². The fraction of sp³-hybridized carbons (Fsp3) is 0.929. The van der Waals surface area contributed by atoms with Crippen molar-refractivity contribution in [2.45, 2.75) is 56.5 Å². The fourth-order valence-electron chi connectivity index (χ4n) is 4.15. The SMILES string of the molecule is CN1C2CCC1(C(=O)C1CCCCC1)CNC2. The van der Waals surface area contributed by atoms with Crippen LogP contribution in [0, 0.1) is 5.92 Å². The number of hydrogen-bond donors (Lipinski definition) is 1. The Morgan fingerprint density at radius 2 is 2.00 bits per heavy atom. The second-order valence-corrected chi connectivity index (χ2v) is 6.17. The maximum absolute atomic E-state index is 12.9. The molecule has 0 amide bonds. The van der Waals surface area contributed by atoms with Gasteiger partial charge in [-0.3, -0.25) is 9.69 Å². The van der Waals surface area contributed by atoms with Crippen LogP contribution in [0.2, 0.25) is 0 Å². The highest BCUT2D eigenvalue weighted by molar-refractivity contribution is 5.91. The lowest BCUT2D eigenvalue weighted by atomic mass is 9.76. The van der Waals surface area contributed by atoms with Crippen molar-refractivity contribution in [1.29, 1.82) is 0 Å². The van der Waals surface area contributed by atoms with E-state index in [1.807, 2.05) is 0 Å². The molecular weight excluding hydrogens is 212 g/mol. The second kappa shape index (κ2) is 4.36. The topological polar surface area (TPSA) is 32.3 Å². The van der Waals surface area contributed by atoms with Crippen LogP contribution in [0.25, 0.3) is 0 Å². The average molecular weight is 236 g/mol. The Kier molecular flexibility index (Phi) is 2.99. The monoisotopic (exact) mass is 236 g/mol. The smallest absolute Gasteiger partial charge is 0.157 e. The molecule has 2 unspecified atom stereocenters. The lowest BCUT2D eigenvalue weighted by Crippen LogP contribution is -2.63. The van der Waals surface area contributed by atoms with Gasteiger partial charge in [0.25, 0.3) is 0 Å². The number of nitrogens with one attached hydrogen (secondary N) is 1. The van der Waals surface area contributed by atoms with E-state index in [-0.39, 0.29) is 5.54 Å². The van der Waals surface area contributed by atoms with Gasteiger partial charge in [0.15, 0.2) is 5.78 Å². The summed E-state index contributed by atoms with van der Waals surface area (Å²) in [4.78, 5) is 15.3. The normalized spacial score (nSPS) is 39.5. The number of Topliss-reactive ketones (excluding diaryl/α,β-unsaturated/α-hetero) is 1. The molecule has 2 aliphatic heterocycles. The molecule has 17 heavy (non-hydrogen) atoms. The largest absolute Gasteiger partial charge is 0.313 e. The van der Waals surface area contributed by atoms with Crippen LogP contribution in [-0.2, 0) is 4.79 Å². The molecule has 0 aromatic rings. The van der Waals surface area contributed by atoms with Gasteiger partial charge in [-0.2, -0.15) is 0 Å². The molecular formula is C14H24N2O. The Labute approximate surface area is 104 Å². The summed E-state index contributed by atoms with van der Waals surface area (Å²) in [6.45, 7) is 1.95. The van der Waals surface area contributed by atoms with Crippen molar-refractivity contribution in [2.24, 2.45) is 5.92 Å². The van der Waals surface area contributed by atoms with E-state index in [9.17, 15) is 4.79 Å². The molecule has 1 N–H and O–H groups in total. The van der Waals surface area contributed by atoms with Gasteiger partial charge in [0.1, 0.15) is 0 Å². The number of fused-ring (bicyclic) bond motifs is 2. The molecule has 0 aromatic heterocycles. The first-order chi connectivity index (χ1) is 8.24. The second-order valence-electron chi connectivity index (χ2n) is 6.17. The number of rotatable bonds is 2. The molecule has 1 saturated carbocycles. The predicted octanol–water partition coefficient (Wildman–Crippen LogP) is 1.57. The lowest BCUT2D eigenvalue weighted by Gasteiger charge is -2.43. The molecule has 2 saturated heterocycles. The van der Waals surface area contributed by atoms with Gasteiger partial charge in [0, 0.05) is 25.0 Å². The summed E-state index contributed by atoms with van der Waals surface area (Å²) < 4.78 is 0. The summed E-state index contributed by atoms with van der Waals surface area (Å²) in [5.74, 6) is 0.902. The molecule has 3 nitrogen and oxygen atoms in total. The third-order valence-electron chi connectivity index (χ3n) is 5.35. The van der Waals surface area contributed by atoms with Gasteiger partial charge in [-0.1, -0.05) is 19.3 Å². The molecule has 2 bridgehead atoms. The lowest BCUT2D eigenvalue weighted by molar-refractivity contribution is -0.135. The number of carbonyl (C=O) groups is 1.